The van der Waals surface area contributed by atoms with Crippen LogP contribution in [0.3, 0.4) is 0 Å². The number of hydrogen-bond donors (Lipinski definition) is 2. The summed E-state index contributed by atoms with van der Waals surface area (Å²) in [7, 11) is 0. The second-order valence-electron chi connectivity index (χ2n) is 4.24. The SMILES string of the molecule is Cc1nc(N[C@@H](CO)C(C)C)ccc1[N+](=O)[O-]. The molecule has 0 spiro atoms. The fourth-order valence-corrected chi connectivity index (χ4v) is 1.44. The summed E-state index contributed by atoms with van der Waals surface area (Å²) < 4.78 is 0. The van der Waals surface area contributed by atoms with Crippen LogP contribution in [0, 0.1) is 23.0 Å². The fraction of sp³-hybridized carbons (Fsp3) is 0.545. The quantitative estimate of drug-likeness (QED) is 0.603. The topological polar surface area (TPSA) is 88.3 Å². The van der Waals surface area contributed by atoms with Crippen LogP contribution in [-0.4, -0.2) is 27.7 Å². The van der Waals surface area contributed by atoms with Gasteiger partial charge in [-0.2, -0.15) is 0 Å². The lowest BCUT2D eigenvalue weighted by atomic mass is 10.1. The average molecular weight is 239 g/mol. The van der Waals surface area contributed by atoms with Gasteiger partial charge in [0.2, 0.25) is 0 Å². The molecule has 0 saturated carbocycles. The molecule has 2 N–H and O–H groups in total. The van der Waals surface area contributed by atoms with Crippen molar-refractivity contribution in [3.05, 3.63) is 27.9 Å². The van der Waals surface area contributed by atoms with Crippen molar-refractivity contribution in [2.24, 2.45) is 5.92 Å². The van der Waals surface area contributed by atoms with Crippen LogP contribution in [0.15, 0.2) is 12.1 Å². The van der Waals surface area contributed by atoms with Gasteiger partial charge in [0.05, 0.1) is 17.6 Å². The fourth-order valence-electron chi connectivity index (χ4n) is 1.44. The first-order valence-corrected chi connectivity index (χ1v) is 5.45. The van der Waals surface area contributed by atoms with E-state index in [9.17, 15) is 15.2 Å². The zero-order valence-electron chi connectivity index (χ0n) is 10.2. The van der Waals surface area contributed by atoms with Gasteiger partial charge in [0.25, 0.3) is 5.69 Å². The molecule has 0 fully saturated rings. The Kier molecular flexibility index (Phi) is 4.39. The van der Waals surface area contributed by atoms with Gasteiger partial charge in [0, 0.05) is 6.07 Å². The monoisotopic (exact) mass is 239 g/mol. The predicted octanol–water partition coefficient (Wildman–Crippen LogP) is 1.73. The molecule has 1 aromatic rings. The molecule has 0 aliphatic rings. The second-order valence-corrected chi connectivity index (χ2v) is 4.24. The largest absolute Gasteiger partial charge is 0.394 e. The third-order valence-corrected chi connectivity index (χ3v) is 2.59. The van der Waals surface area contributed by atoms with E-state index in [-0.39, 0.29) is 24.3 Å². The molecule has 0 bridgehead atoms. The highest BCUT2D eigenvalue weighted by molar-refractivity contribution is 5.45. The molecular formula is C11H17N3O3. The normalized spacial score (nSPS) is 12.5. The lowest BCUT2D eigenvalue weighted by Crippen LogP contribution is -2.29. The summed E-state index contributed by atoms with van der Waals surface area (Å²) in [4.78, 5) is 14.3. The molecule has 6 nitrogen and oxygen atoms in total. The van der Waals surface area contributed by atoms with Crippen molar-refractivity contribution in [2.75, 3.05) is 11.9 Å². The standard InChI is InChI=1S/C11H17N3O3/c1-7(2)9(6-15)13-11-5-4-10(14(16)17)8(3)12-11/h4-5,7,9,15H,6H2,1-3H3,(H,12,13)/t9-/m0/s1. The molecule has 0 aliphatic carbocycles. The summed E-state index contributed by atoms with van der Waals surface area (Å²) in [6, 6.07) is 2.86. The number of nitrogens with zero attached hydrogens (tertiary/aromatic N) is 2. The van der Waals surface area contributed by atoms with Gasteiger partial charge < -0.3 is 10.4 Å². The molecule has 0 aliphatic heterocycles. The third kappa shape index (κ3) is 3.39. The summed E-state index contributed by atoms with van der Waals surface area (Å²) in [6.07, 6.45) is 0. The van der Waals surface area contributed by atoms with Crippen molar-refractivity contribution >= 4 is 11.5 Å². The summed E-state index contributed by atoms with van der Waals surface area (Å²) in [5.41, 5.74) is 0.362. The van der Waals surface area contributed by atoms with E-state index in [1.165, 1.54) is 6.07 Å². The van der Waals surface area contributed by atoms with Crippen LogP contribution in [0.25, 0.3) is 0 Å². The van der Waals surface area contributed by atoms with Crippen molar-refractivity contribution in [1.29, 1.82) is 0 Å². The molecule has 94 valence electrons. The van der Waals surface area contributed by atoms with Gasteiger partial charge >= 0.3 is 0 Å². The van der Waals surface area contributed by atoms with E-state index in [0.717, 1.165) is 0 Å². The number of nitro groups is 1. The van der Waals surface area contributed by atoms with E-state index in [2.05, 4.69) is 10.3 Å². The van der Waals surface area contributed by atoms with Crippen LogP contribution in [0.4, 0.5) is 11.5 Å². The van der Waals surface area contributed by atoms with Gasteiger partial charge in [-0.15, -0.1) is 0 Å². The zero-order chi connectivity index (χ0) is 13.0. The van der Waals surface area contributed by atoms with Crippen LogP contribution < -0.4 is 5.32 Å². The summed E-state index contributed by atoms with van der Waals surface area (Å²) in [5.74, 6) is 0.790. The Bertz CT molecular complexity index is 407. The molecule has 1 rings (SSSR count). The smallest absolute Gasteiger partial charge is 0.290 e. The van der Waals surface area contributed by atoms with E-state index < -0.39 is 4.92 Å². The Morgan fingerprint density at radius 2 is 2.18 bits per heavy atom. The molecule has 0 saturated heterocycles. The van der Waals surface area contributed by atoms with Crippen LogP contribution in [-0.2, 0) is 0 Å². The van der Waals surface area contributed by atoms with Crippen LogP contribution in [0.1, 0.15) is 19.5 Å². The molecule has 17 heavy (non-hydrogen) atoms. The molecular weight excluding hydrogens is 222 g/mol. The molecule has 1 aromatic heterocycles. The molecule has 0 unspecified atom stereocenters. The summed E-state index contributed by atoms with van der Waals surface area (Å²) in [6.45, 7) is 5.54. The number of aromatic nitrogens is 1. The Morgan fingerprint density at radius 1 is 1.53 bits per heavy atom. The highest BCUT2D eigenvalue weighted by Crippen LogP contribution is 2.19. The Hall–Kier alpha value is -1.69. The minimum atomic E-state index is -0.460. The van der Waals surface area contributed by atoms with Gasteiger partial charge in [-0.1, -0.05) is 13.8 Å². The highest BCUT2D eigenvalue weighted by atomic mass is 16.6. The van der Waals surface area contributed by atoms with Crippen molar-refractivity contribution < 1.29 is 10.0 Å². The number of aryl methyl sites for hydroxylation is 1. The van der Waals surface area contributed by atoms with E-state index in [4.69, 9.17) is 0 Å². The van der Waals surface area contributed by atoms with Crippen molar-refractivity contribution in [3.8, 4) is 0 Å². The van der Waals surface area contributed by atoms with Crippen LogP contribution >= 0.6 is 0 Å². The van der Waals surface area contributed by atoms with E-state index >= 15 is 0 Å². The van der Waals surface area contributed by atoms with Crippen LogP contribution in [0.2, 0.25) is 0 Å². The van der Waals surface area contributed by atoms with E-state index in [0.29, 0.717) is 11.5 Å². The van der Waals surface area contributed by atoms with E-state index in [1.54, 1.807) is 13.0 Å². The van der Waals surface area contributed by atoms with Crippen molar-refractivity contribution in [3.63, 3.8) is 0 Å². The molecule has 0 radical (unpaired) electrons. The average Bonchev–Trinajstić information content (AvgIpc) is 2.24. The zero-order valence-corrected chi connectivity index (χ0v) is 10.2. The Morgan fingerprint density at radius 3 is 2.59 bits per heavy atom. The van der Waals surface area contributed by atoms with Crippen molar-refractivity contribution in [2.45, 2.75) is 26.8 Å². The lowest BCUT2D eigenvalue weighted by Gasteiger charge is -2.20. The second kappa shape index (κ2) is 5.58. The molecule has 0 amide bonds. The first-order chi connectivity index (χ1) is 7.95. The number of aliphatic hydroxyl groups excluding tert-OH is 1. The maximum absolute atomic E-state index is 10.6. The summed E-state index contributed by atoms with van der Waals surface area (Å²) >= 11 is 0. The van der Waals surface area contributed by atoms with Gasteiger partial charge in [-0.3, -0.25) is 10.1 Å². The number of nitrogens with one attached hydrogen (secondary N) is 1. The van der Waals surface area contributed by atoms with Gasteiger partial charge in [-0.25, -0.2) is 4.98 Å². The number of hydrogen-bond acceptors (Lipinski definition) is 5. The first-order valence-electron chi connectivity index (χ1n) is 5.45. The summed E-state index contributed by atoms with van der Waals surface area (Å²) in [5, 5.41) is 22.8. The number of aliphatic hydroxyl groups is 1. The maximum Gasteiger partial charge on any atom is 0.290 e. The lowest BCUT2D eigenvalue weighted by molar-refractivity contribution is -0.385. The Balaban J connectivity index is 2.87. The number of pyridine rings is 1. The Labute approximate surface area is 99.8 Å². The van der Waals surface area contributed by atoms with E-state index in [1.807, 2.05) is 13.8 Å². The molecule has 0 aromatic carbocycles. The van der Waals surface area contributed by atoms with Gasteiger partial charge in [-0.05, 0) is 18.9 Å². The molecule has 1 heterocycles. The highest BCUT2D eigenvalue weighted by Gasteiger charge is 2.15. The van der Waals surface area contributed by atoms with Gasteiger partial charge in [0.15, 0.2) is 0 Å². The first kappa shape index (κ1) is 13.4. The van der Waals surface area contributed by atoms with Crippen LogP contribution in [0.5, 0.6) is 0 Å². The predicted molar refractivity (Wildman–Crippen MR) is 65.0 cm³/mol. The minimum absolute atomic E-state index is 0.000598. The number of rotatable bonds is 5. The number of anilines is 1. The molecule has 6 heteroatoms. The molecule has 1 atom stereocenters. The van der Waals surface area contributed by atoms with Crippen molar-refractivity contribution in [1.82, 2.24) is 4.98 Å². The third-order valence-electron chi connectivity index (χ3n) is 2.59. The minimum Gasteiger partial charge on any atom is -0.394 e. The maximum atomic E-state index is 10.6. The van der Waals surface area contributed by atoms with Gasteiger partial charge in [0.1, 0.15) is 11.5 Å².